The molecule has 0 aliphatic heterocycles. The Bertz CT molecular complexity index is 198. The smallest absolute Gasteiger partial charge is 0.145 e. The lowest BCUT2D eigenvalue weighted by atomic mass is 10.3. The Morgan fingerprint density at radius 1 is 1.78 bits per heavy atom. The molecule has 1 aromatic rings. The average Bonchev–Trinajstić information content (AvgIpc) is 1.89. The molecule has 0 spiro atoms. The van der Waals surface area contributed by atoms with Crippen molar-refractivity contribution < 1.29 is 5.11 Å². The number of nitrogens with zero attached hydrogens (tertiary/aromatic N) is 1. The second-order valence-corrected chi connectivity index (χ2v) is 1.74. The van der Waals surface area contributed by atoms with E-state index in [2.05, 4.69) is 11.1 Å². The van der Waals surface area contributed by atoms with E-state index < -0.39 is 0 Å². The van der Waals surface area contributed by atoms with E-state index in [9.17, 15) is 0 Å². The third-order valence-corrected chi connectivity index (χ3v) is 1.13. The number of aromatic hydroxyl groups is 1. The van der Waals surface area contributed by atoms with Gasteiger partial charge in [0.25, 0.3) is 0 Å². The zero-order chi connectivity index (χ0) is 6.69. The normalized spacial score (nSPS) is 9.44. The van der Waals surface area contributed by atoms with Crippen molar-refractivity contribution in [3.05, 3.63) is 24.0 Å². The molecule has 1 radical (unpaired) electrons. The fourth-order valence-corrected chi connectivity index (χ4v) is 0.647. The summed E-state index contributed by atoms with van der Waals surface area (Å²) in [5.41, 5.74) is 0.706. The minimum Gasteiger partial charge on any atom is -0.505 e. The molecule has 1 rings (SSSR count). The van der Waals surface area contributed by atoms with Crippen LogP contribution in [0.15, 0.2) is 12.3 Å². The minimum absolute atomic E-state index is 0.167. The van der Waals surface area contributed by atoms with Gasteiger partial charge in [0.2, 0.25) is 0 Å². The van der Waals surface area contributed by atoms with Gasteiger partial charge in [0.15, 0.2) is 0 Å². The monoisotopic (exact) mass is 122 g/mol. The summed E-state index contributed by atoms with van der Waals surface area (Å²) in [7, 11) is 0. The first-order chi connectivity index (χ1) is 4.34. The van der Waals surface area contributed by atoms with Crippen LogP contribution >= 0.6 is 0 Å². The van der Waals surface area contributed by atoms with Crippen LogP contribution in [0.2, 0.25) is 0 Å². The van der Waals surface area contributed by atoms with Crippen LogP contribution in [0.1, 0.15) is 12.6 Å². The molecule has 1 N–H and O–H groups in total. The van der Waals surface area contributed by atoms with Gasteiger partial charge in [-0.25, -0.2) is 0 Å². The maximum Gasteiger partial charge on any atom is 0.145 e. The molecule has 0 bridgehead atoms. The van der Waals surface area contributed by atoms with Crippen LogP contribution in [-0.2, 0) is 6.42 Å². The molecule has 0 aliphatic carbocycles. The first-order valence-electron chi connectivity index (χ1n) is 2.89. The highest BCUT2D eigenvalue weighted by molar-refractivity contribution is 5.22. The fourth-order valence-electron chi connectivity index (χ4n) is 0.647. The van der Waals surface area contributed by atoms with Crippen molar-refractivity contribution in [1.82, 2.24) is 4.98 Å². The lowest BCUT2D eigenvalue weighted by Crippen LogP contribution is -1.84. The lowest BCUT2D eigenvalue weighted by Gasteiger charge is -1.95. The third kappa shape index (κ3) is 1.19. The Balaban J connectivity index is 3.01. The standard InChI is InChI=1S/C7H8NO/c1-2-6-7(9)4-3-5-8-6/h3,5,9H,2H2,1H3. The molecule has 9 heavy (non-hydrogen) atoms. The van der Waals surface area contributed by atoms with Crippen molar-refractivity contribution in [3.63, 3.8) is 0 Å². The van der Waals surface area contributed by atoms with Gasteiger partial charge in [0.05, 0.1) is 5.69 Å². The van der Waals surface area contributed by atoms with Crippen molar-refractivity contribution in [1.29, 1.82) is 0 Å². The zero-order valence-electron chi connectivity index (χ0n) is 5.26. The molecule has 0 aliphatic rings. The molecule has 1 aromatic heterocycles. The molecule has 2 heteroatoms. The van der Waals surface area contributed by atoms with Gasteiger partial charge < -0.3 is 5.11 Å². The summed E-state index contributed by atoms with van der Waals surface area (Å²) in [6.07, 6.45) is 2.38. The molecule has 0 fully saturated rings. The van der Waals surface area contributed by atoms with E-state index in [0.717, 1.165) is 6.42 Å². The Morgan fingerprint density at radius 2 is 2.56 bits per heavy atom. The van der Waals surface area contributed by atoms with Crippen molar-refractivity contribution in [3.8, 4) is 5.75 Å². The fraction of sp³-hybridized carbons (Fsp3) is 0.286. The summed E-state index contributed by atoms with van der Waals surface area (Å²) < 4.78 is 0. The molecule has 1 heterocycles. The van der Waals surface area contributed by atoms with Crippen LogP contribution in [-0.4, -0.2) is 10.1 Å². The Hall–Kier alpha value is -1.05. The summed E-state index contributed by atoms with van der Waals surface area (Å²) in [4.78, 5) is 3.92. The summed E-state index contributed by atoms with van der Waals surface area (Å²) in [5.74, 6) is 0.167. The minimum atomic E-state index is 0.167. The van der Waals surface area contributed by atoms with Gasteiger partial charge in [0.1, 0.15) is 5.75 Å². The van der Waals surface area contributed by atoms with Crippen LogP contribution in [0.3, 0.4) is 0 Å². The molecule has 0 aromatic carbocycles. The molecule has 2 nitrogen and oxygen atoms in total. The second kappa shape index (κ2) is 2.49. The van der Waals surface area contributed by atoms with E-state index in [1.807, 2.05) is 6.92 Å². The molecular formula is C7H8NO. The molecule has 0 atom stereocenters. The van der Waals surface area contributed by atoms with Gasteiger partial charge in [-0.2, -0.15) is 0 Å². The topological polar surface area (TPSA) is 33.1 Å². The van der Waals surface area contributed by atoms with E-state index >= 15 is 0 Å². The maximum atomic E-state index is 8.99. The predicted octanol–water partition coefficient (Wildman–Crippen LogP) is 1.15. The highest BCUT2D eigenvalue weighted by Crippen LogP contribution is 2.10. The zero-order valence-corrected chi connectivity index (χ0v) is 5.26. The van der Waals surface area contributed by atoms with Crippen LogP contribution in [0.5, 0.6) is 5.75 Å². The van der Waals surface area contributed by atoms with E-state index in [1.165, 1.54) is 0 Å². The van der Waals surface area contributed by atoms with Gasteiger partial charge >= 0.3 is 0 Å². The summed E-state index contributed by atoms with van der Waals surface area (Å²) in [5, 5.41) is 8.99. The van der Waals surface area contributed by atoms with E-state index in [0.29, 0.717) is 5.69 Å². The number of aryl methyl sites for hydroxylation is 1. The van der Waals surface area contributed by atoms with Gasteiger partial charge in [-0.3, -0.25) is 4.98 Å². The summed E-state index contributed by atoms with van der Waals surface area (Å²) in [6, 6.07) is 4.24. The molecule has 0 unspecified atom stereocenters. The first-order valence-corrected chi connectivity index (χ1v) is 2.89. The first kappa shape index (κ1) is 6.08. The maximum absolute atomic E-state index is 8.99. The number of hydrogen-bond acceptors (Lipinski definition) is 2. The van der Waals surface area contributed by atoms with E-state index in [1.54, 1.807) is 12.3 Å². The average molecular weight is 122 g/mol. The van der Waals surface area contributed by atoms with Crippen molar-refractivity contribution in [2.24, 2.45) is 0 Å². The summed E-state index contributed by atoms with van der Waals surface area (Å²) >= 11 is 0. The SMILES string of the molecule is CCc1ncc[c]c1O. The molecule has 47 valence electrons. The second-order valence-electron chi connectivity index (χ2n) is 1.74. The van der Waals surface area contributed by atoms with Crippen LogP contribution < -0.4 is 0 Å². The van der Waals surface area contributed by atoms with Gasteiger partial charge in [-0.05, 0) is 12.5 Å². The highest BCUT2D eigenvalue weighted by atomic mass is 16.3. The molecule has 0 amide bonds. The van der Waals surface area contributed by atoms with E-state index in [4.69, 9.17) is 5.11 Å². The van der Waals surface area contributed by atoms with Crippen LogP contribution in [0.25, 0.3) is 0 Å². The van der Waals surface area contributed by atoms with Gasteiger partial charge in [-0.15, -0.1) is 0 Å². The van der Waals surface area contributed by atoms with Gasteiger partial charge in [0, 0.05) is 12.3 Å². The Kier molecular flexibility index (Phi) is 1.68. The van der Waals surface area contributed by atoms with E-state index in [-0.39, 0.29) is 5.75 Å². The predicted molar refractivity (Wildman–Crippen MR) is 34.1 cm³/mol. The molecule has 0 saturated heterocycles. The number of aromatic nitrogens is 1. The summed E-state index contributed by atoms with van der Waals surface area (Å²) in [6.45, 7) is 1.94. The van der Waals surface area contributed by atoms with Crippen LogP contribution in [0.4, 0.5) is 0 Å². The highest BCUT2D eigenvalue weighted by Gasteiger charge is 1.95. The van der Waals surface area contributed by atoms with Crippen molar-refractivity contribution in [2.75, 3.05) is 0 Å². The number of pyridine rings is 1. The van der Waals surface area contributed by atoms with Crippen molar-refractivity contribution in [2.45, 2.75) is 13.3 Å². The number of rotatable bonds is 1. The Labute approximate surface area is 54.2 Å². The lowest BCUT2D eigenvalue weighted by molar-refractivity contribution is 0.463. The quantitative estimate of drug-likeness (QED) is 0.606. The molecular weight excluding hydrogens is 114 g/mol. The van der Waals surface area contributed by atoms with Crippen molar-refractivity contribution >= 4 is 0 Å². The third-order valence-electron chi connectivity index (χ3n) is 1.13. The van der Waals surface area contributed by atoms with Crippen LogP contribution in [0, 0.1) is 6.07 Å². The molecule has 0 saturated carbocycles. The largest absolute Gasteiger partial charge is 0.505 e. The number of hydrogen-bond donors (Lipinski definition) is 1. The van der Waals surface area contributed by atoms with Gasteiger partial charge in [-0.1, -0.05) is 6.92 Å². The Morgan fingerprint density at radius 3 is 3.00 bits per heavy atom.